The van der Waals surface area contributed by atoms with Gasteiger partial charge in [0.25, 0.3) is 0 Å². The van der Waals surface area contributed by atoms with E-state index in [9.17, 15) is 0 Å². The number of rotatable bonds is 2. The van der Waals surface area contributed by atoms with Gasteiger partial charge in [-0.05, 0) is 68.1 Å². The van der Waals surface area contributed by atoms with Crippen molar-refractivity contribution in [1.82, 2.24) is 0 Å². The smallest absolute Gasteiger partial charge is 0.134 e. The van der Waals surface area contributed by atoms with Crippen LogP contribution in [0, 0.1) is 0 Å². The average molecular weight is 477 g/mol. The van der Waals surface area contributed by atoms with Crippen LogP contribution in [0.15, 0.2) is 126 Å². The van der Waals surface area contributed by atoms with Crippen molar-refractivity contribution in [2.75, 3.05) is 0 Å². The van der Waals surface area contributed by atoms with Crippen LogP contribution in [-0.2, 0) is 0 Å². The first kappa shape index (κ1) is 19.9. The molecule has 0 atom stereocenters. The lowest BCUT2D eigenvalue weighted by atomic mass is 9.85. The van der Waals surface area contributed by atoms with E-state index in [4.69, 9.17) is 4.42 Å². The molecule has 8 aromatic rings. The predicted octanol–water partition coefficient (Wildman–Crippen LogP) is 10.4. The molecular weight excluding hydrogens is 456 g/mol. The Hall–Kier alpha value is -4.40. The number of hydrogen-bond donors (Lipinski definition) is 0. The second-order valence-electron chi connectivity index (χ2n) is 9.26. The zero-order chi connectivity index (χ0) is 23.6. The molecule has 36 heavy (non-hydrogen) atoms. The first-order chi connectivity index (χ1) is 17.9. The van der Waals surface area contributed by atoms with E-state index >= 15 is 0 Å². The van der Waals surface area contributed by atoms with Crippen molar-refractivity contribution in [2.45, 2.75) is 0 Å². The van der Waals surface area contributed by atoms with Gasteiger partial charge < -0.3 is 4.42 Å². The highest BCUT2D eigenvalue weighted by molar-refractivity contribution is 7.26. The van der Waals surface area contributed by atoms with Gasteiger partial charge in [0, 0.05) is 25.6 Å². The van der Waals surface area contributed by atoms with Crippen molar-refractivity contribution in [1.29, 1.82) is 0 Å². The standard InChI is InChI=1S/C34H20OS/c1-2-9-21(10-3-1)31-22-11-4-6-13-24(22)32(25-14-7-5-12-23(25)31)27-15-8-16-29-34(27)33-26-19-20-35-28(26)17-18-30(33)36-29/h1-20H. The number of hydrogen-bond acceptors (Lipinski definition) is 2. The van der Waals surface area contributed by atoms with E-state index in [1.54, 1.807) is 6.26 Å². The van der Waals surface area contributed by atoms with E-state index in [1.165, 1.54) is 69.4 Å². The molecule has 6 aromatic carbocycles. The van der Waals surface area contributed by atoms with Crippen molar-refractivity contribution in [3.05, 3.63) is 122 Å². The molecule has 0 bridgehead atoms. The van der Waals surface area contributed by atoms with Crippen molar-refractivity contribution in [3.63, 3.8) is 0 Å². The molecule has 168 valence electrons. The molecule has 8 rings (SSSR count). The zero-order valence-electron chi connectivity index (χ0n) is 19.4. The third-order valence-corrected chi connectivity index (χ3v) is 8.48. The summed E-state index contributed by atoms with van der Waals surface area (Å²) in [5.74, 6) is 0. The van der Waals surface area contributed by atoms with Gasteiger partial charge in [-0.2, -0.15) is 0 Å². The summed E-state index contributed by atoms with van der Waals surface area (Å²) in [6.45, 7) is 0. The average Bonchev–Trinajstić information content (AvgIpc) is 3.56. The maximum Gasteiger partial charge on any atom is 0.134 e. The maximum absolute atomic E-state index is 5.80. The van der Waals surface area contributed by atoms with Crippen LogP contribution in [0.2, 0.25) is 0 Å². The molecule has 0 fully saturated rings. The first-order valence-electron chi connectivity index (χ1n) is 12.2. The summed E-state index contributed by atoms with van der Waals surface area (Å²) in [6, 6.07) is 41.7. The van der Waals surface area contributed by atoms with E-state index < -0.39 is 0 Å². The lowest BCUT2D eigenvalue weighted by Gasteiger charge is -2.18. The second kappa shape index (κ2) is 7.55. The third-order valence-electron chi connectivity index (χ3n) is 7.36. The summed E-state index contributed by atoms with van der Waals surface area (Å²) >= 11 is 1.86. The van der Waals surface area contributed by atoms with Gasteiger partial charge in [-0.3, -0.25) is 0 Å². The second-order valence-corrected chi connectivity index (χ2v) is 10.3. The summed E-state index contributed by atoms with van der Waals surface area (Å²) < 4.78 is 8.39. The first-order valence-corrected chi connectivity index (χ1v) is 13.0. The van der Waals surface area contributed by atoms with E-state index in [-0.39, 0.29) is 0 Å². The molecule has 0 saturated carbocycles. The Labute approximate surface area is 211 Å². The van der Waals surface area contributed by atoms with E-state index in [0.29, 0.717) is 0 Å². The quantitative estimate of drug-likeness (QED) is 0.226. The highest BCUT2D eigenvalue weighted by atomic mass is 32.1. The number of thiophene rings is 1. The molecule has 0 amide bonds. The molecule has 0 aliphatic carbocycles. The predicted molar refractivity (Wildman–Crippen MR) is 155 cm³/mol. The SMILES string of the molecule is c1ccc(-c2c3ccccc3c(-c3cccc4sc5ccc6occc6c5c34)c3ccccc23)cc1. The van der Waals surface area contributed by atoms with Crippen molar-refractivity contribution < 1.29 is 4.42 Å². The van der Waals surface area contributed by atoms with Crippen LogP contribution < -0.4 is 0 Å². The summed E-state index contributed by atoms with van der Waals surface area (Å²) in [4.78, 5) is 0. The lowest BCUT2D eigenvalue weighted by Crippen LogP contribution is -1.91. The normalized spacial score (nSPS) is 11.9. The molecule has 0 radical (unpaired) electrons. The zero-order valence-corrected chi connectivity index (χ0v) is 20.2. The monoisotopic (exact) mass is 476 g/mol. The van der Waals surface area contributed by atoms with Crippen LogP contribution in [0.4, 0.5) is 0 Å². The minimum atomic E-state index is 0.936. The molecule has 2 heteroatoms. The van der Waals surface area contributed by atoms with E-state index in [1.807, 2.05) is 11.3 Å². The van der Waals surface area contributed by atoms with Gasteiger partial charge in [-0.1, -0.05) is 91.0 Å². The fourth-order valence-electron chi connectivity index (χ4n) is 5.90. The highest BCUT2D eigenvalue weighted by Crippen LogP contribution is 2.48. The summed E-state index contributed by atoms with van der Waals surface area (Å²) in [5.41, 5.74) is 6.05. The minimum absolute atomic E-state index is 0.936. The molecule has 0 aliphatic rings. The van der Waals surface area contributed by atoms with E-state index in [0.717, 1.165) is 5.58 Å². The number of furan rings is 1. The molecule has 2 aromatic heterocycles. The molecule has 0 unspecified atom stereocenters. The number of fused-ring (bicyclic) bond motifs is 7. The topological polar surface area (TPSA) is 13.1 Å². The Balaban J connectivity index is 1.61. The molecule has 2 heterocycles. The summed E-state index contributed by atoms with van der Waals surface area (Å²) in [6.07, 6.45) is 1.80. The third kappa shape index (κ3) is 2.71. The maximum atomic E-state index is 5.80. The van der Waals surface area contributed by atoms with Gasteiger partial charge in [-0.25, -0.2) is 0 Å². The van der Waals surface area contributed by atoms with E-state index in [2.05, 4.69) is 115 Å². The molecule has 0 saturated heterocycles. The van der Waals surface area contributed by atoms with Crippen molar-refractivity contribution >= 4 is 64.0 Å². The van der Waals surface area contributed by atoms with Crippen molar-refractivity contribution in [2.24, 2.45) is 0 Å². The minimum Gasteiger partial charge on any atom is -0.464 e. The molecule has 0 spiro atoms. The molecule has 0 N–H and O–H groups in total. The van der Waals surface area contributed by atoms with Crippen LogP contribution >= 0.6 is 11.3 Å². The van der Waals surface area contributed by atoms with Gasteiger partial charge in [0.1, 0.15) is 5.58 Å². The van der Waals surface area contributed by atoms with Crippen molar-refractivity contribution in [3.8, 4) is 22.3 Å². The van der Waals surface area contributed by atoms with Crippen LogP contribution in [0.3, 0.4) is 0 Å². The Morgan fingerprint density at radius 3 is 1.81 bits per heavy atom. The summed E-state index contributed by atoms with van der Waals surface area (Å²) in [5, 5.41) is 8.90. The molecular formula is C34H20OS. The number of benzene rings is 6. The molecule has 0 aliphatic heterocycles. The van der Waals surface area contributed by atoms with Gasteiger partial charge in [0.05, 0.1) is 6.26 Å². The van der Waals surface area contributed by atoms with Gasteiger partial charge in [0.2, 0.25) is 0 Å². The van der Waals surface area contributed by atoms with Crippen LogP contribution in [-0.4, -0.2) is 0 Å². The van der Waals surface area contributed by atoms with Crippen LogP contribution in [0.5, 0.6) is 0 Å². The van der Waals surface area contributed by atoms with Gasteiger partial charge in [-0.15, -0.1) is 11.3 Å². The Morgan fingerprint density at radius 1 is 0.444 bits per heavy atom. The molecule has 1 nitrogen and oxygen atoms in total. The Kier molecular flexibility index (Phi) is 4.16. The fraction of sp³-hybridized carbons (Fsp3) is 0. The Morgan fingerprint density at radius 2 is 1.08 bits per heavy atom. The lowest BCUT2D eigenvalue weighted by molar-refractivity contribution is 0.616. The van der Waals surface area contributed by atoms with Gasteiger partial charge >= 0.3 is 0 Å². The summed E-state index contributed by atoms with van der Waals surface area (Å²) in [7, 11) is 0. The fourth-order valence-corrected chi connectivity index (χ4v) is 7.05. The Bertz CT molecular complexity index is 2040. The highest BCUT2D eigenvalue weighted by Gasteiger charge is 2.20. The largest absolute Gasteiger partial charge is 0.464 e. The van der Waals surface area contributed by atoms with Crippen LogP contribution in [0.1, 0.15) is 0 Å². The van der Waals surface area contributed by atoms with Gasteiger partial charge in [0.15, 0.2) is 0 Å². The van der Waals surface area contributed by atoms with Crippen LogP contribution in [0.25, 0.3) is 74.9 Å².